The molecule has 2 aromatic heterocycles. The third kappa shape index (κ3) is 2.10. The summed E-state index contributed by atoms with van der Waals surface area (Å²) in [7, 11) is 0. The SMILES string of the molecule is Cc1c2c(cc3c1sc1c(C)cc4ccccc4c13)-c1cccc3c1c-2cc1ncccc13. The van der Waals surface area contributed by atoms with Crippen LogP contribution < -0.4 is 0 Å². The van der Waals surface area contributed by atoms with Crippen LogP contribution in [0.1, 0.15) is 11.1 Å². The summed E-state index contributed by atoms with van der Waals surface area (Å²) >= 11 is 1.95. The molecule has 154 valence electrons. The number of thiophene rings is 1. The molecule has 1 nitrogen and oxygen atoms in total. The number of aryl methyl sites for hydroxylation is 2. The van der Waals surface area contributed by atoms with Crippen LogP contribution in [-0.4, -0.2) is 4.98 Å². The summed E-state index contributed by atoms with van der Waals surface area (Å²) in [5.74, 6) is 0. The normalized spacial score (nSPS) is 12.5. The minimum absolute atomic E-state index is 1.07. The number of pyridine rings is 1. The van der Waals surface area contributed by atoms with E-state index in [0.29, 0.717) is 0 Å². The van der Waals surface area contributed by atoms with Crippen LogP contribution >= 0.6 is 11.3 Å². The first-order chi connectivity index (χ1) is 16.2. The molecule has 1 aliphatic carbocycles. The number of hydrogen-bond acceptors (Lipinski definition) is 2. The molecule has 1 aliphatic rings. The van der Waals surface area contributed by atoms with Crippen molar-refractivity contribution < 1.29 is 0 Å². The van der Waals surface area contributed by atoms with E-state index in [-0.39, 0.29) is 0 Å². The summed E-state index contributed by atoms with van der Waals surface area (Å²) in [5, 5.41) is 9.38. The minimum Gasteiger partial charge on any atom is -0.256 e. The fourth-order valence-electron chi connectivity index (χ4n) is 6.10. The number of aromatic nitrogens is 1. The third-order valence-corrected chi connectivity index (χ3v) is 8.94. The summed E-state index contributed by atoms with van der Waals surface area (Å²) in [5.41, 5.74) is 9.26. The van der Waals surface area contributed by atoms with E-state index in [2.05, 4.69) is 80.6 Å². The first kappa shape index (κ1) is 17.8. The van der Waals surface area contributed by atoms with Crippen molar-refractivity contribution in [3.63, 3.8) is 0 Å². The zero-order chi connectivity index (χ0) is 21.8. The van der Waals surface area contributed by atoms with Gasteiger partial charge in [0.05, 0.1) is 5.52 Å². The Hall–Kier alpha value is -3.75. The van der Waals surface area contributed by atoms with E-state index in [1.807, 2.05) is 23.6 Å². The standard InChI is InChI=1S/C31H19NS/c1-16-13-18-7-3-4-8-19(18)29-25-14-23-22-10-5-9-21-20-11-6-12-32-26(20)15-24(28(21)22)27(23)17(2)31(25)33-30(16)29/h3-15H,1-2H3. The topological polar surface area (TPSA) is 12.9 Å². The molecule has 0 aliphatic heterocycles. The highest BCUT2D eigenvalue weighted by molar-refractivity contribution is 7.26. The highest BCUT2D eigenvalue weighted by atomic mass is 32.1. The van der Waals surface area contributed by atoms with E-state index in [9.17, 15) is 0 Å². The lowest BCUT2D eigenvalue weighted by atomic mass is 9.94. The summed E-state index contributed by atoms with van der Waals surface area (Å²) in [6.45, 7) is 4.56. The summed E-state index contributed by atoms with van der Waals surface area (Å²) < 4.78 is 2.82. The lowest BCUT2D eigenvalue weighted by Crippen LogP contribution is -1.85. The molecule has 0 atom stereocenters. The van der Waals surface area contributed by atoms with Gasteiger partial charge in [-0.15, -0.1) is 11.3 Å². The van der Waals surface area contributed by atoms with Crippen LogP contribution in [0.25, 0.3) is 74.9 Å². The number of benzene rings is 5. The van der Waals surface area contributed by atoms with Crippen molar-refractivity contribution in [1.29, 1.82) is 0 Å². The van der Waals surface area contributed by atoms with Gasteiger partial charge in [-0.05, 0) is 93.0 Å². The molecule has 8 rings (SSSR count). The van der Waals surface area contributed by atoms with Crippen LogP contribution in [0.3, 0.4) is 0 Å². The van der Waals surface area contributed by atoms with E-state index >= 15 is 0 Å². The molecule has 0 radical (unpaired) electrons. The summed E-state index contributed by atoms with van der Waals surface area (Å²) in [6.07, 6.45) is 1.90. The maximum Gasteiger partial charge on any atom is 0.0714 e. The maximum absolute atomic E-state index is 4.71. The van der Waals surface area contributed by atoms with Gasteiger partial charge in [0, 0.05) is 31.8 Å². The Morgan fingerprint density at radius 2 is 1.48 bits per heavy atom. The Balaban J connectivity index is 1.60. The molecule has 0 amide bonds. The molecule has 0 saturated heterocycles. The second-order valence-electron chi connectivity index (χ2n) is 9.24. The van der Waals surface area contributed by atoms with Crippen molar-refractivity contribution in [3.8, 4) is 22.3 Å². The van der Waals surface area contributed by atoms with E-state index in [1.165, 1.54) is 80.5 Å². The second kappa shape index (κ2) is 5.98. The molecule has 0 unspecified atom stereocenters. The molecule has 7 aromatic rings. The quantitative estimate of drug-likeness (QED) is 0.215. The predicted molar refractivity (Wildman–Crippen MR) is 144 cm³/mol. The number of rotatable bonds is 0. The predicted octanol–water partition coefficient (Wildman–Crippen LogP) is 9.17. The monoisotopic (exact) mass is 437 g/mol. The van der Waals surface area contributed by atoms with E-state index in [0.717, 1.165) is 5.52 Å². The fourth-order valence-corrected chi connectivity index (χ4v) is 7.38. The Bertz CT molecular complexity index is 1990. The van der Waals surface area contributed by atoms with Gasteiger partial charge in [0.2, 0.25) is 0 Å². The average molecular weight is 438 g/mol. The molecule has 0 saturated carbocycles. The molecule has 5 aromatic carbocycles. The highest BCUT2D eigenvalue weighted by Crippen LogP contribution is 2.54. The molecule has 0 spiro atoms. The van der Waals surface area contributed by atoms with Crippen LogP contribution in [0.2, 0.25) is 0 Å². The Kier molecular flexibility index (Phi) is 3.22. The minimum atomic E-state index is 1.07. The van der Waals surface area contributed by atoms with Crippen LogP contribution in [0.4, 0.5) is 0 Å². The van der Waals surface area contributed by atoms with E-state index in [1.54, 1.807) is 0 Å². The van der Waals surface area contributed by atoms with E-state index < -0.39 is 0 Å². The Morgan fingerprint density at radius 3 is 2.42 bits per heavy atom. The van der Waals surface area contributed by atoms with Gasteiger partial charge in [0.15, 0.2) is 0 Å². The second-order valence-corrected chi connectivity index (χ2v) is 10.3. The van der Waals surface area contributed by atoms with Gasteiger partial charge < -0.3 is 0 Å². The number of fused-ring (bicyclic) bond motifs is 10. The van der Waals surface area contributed by atoms with Crippen LogP contribution in [-0.2, 0) is 0 Å². The van der Waals surface area contributed by atoms with Crippen molar-refractivity contribution in [3.05, 3.63) is 90.1 Å². The molecule has 0 fully saturated rings. The smallest absolute Gasteiger partial charge is 0.0714 e. The summed E-state index contributed by atoms with van der Waals surface area (Å²) in [4.78, 5) is 4.71. The molecule has 2 heterocycles. The van der Waals surface area contributed by atoms with Gasteiger partial charge in [-0.1, -0.05) is 48.5 Å². The highest BCUT2D eigenvalue weighted by Gasteiger charge is 2.27. The Morgan fingerprint density at radius 1 is 0.636 bits per heavy atom. The van der Waals surface area contributed by atoms with Crippen molar-refractivity contribution in [2.24, 2.45) is 0 Å². The molecule has 0 bridgehead atoms. The largest absolute Gasteiger partial charge is 0.256 e. The molecular weight excluding hydrogens is 418 g/mol. The molecule has 0 N–H and O–H groups in total. The molecule has 2 heteroatoms. The van der Waals surface area contributed by atoms with Crippen molar-refractivity contribution in [1.82, 2.24) is 4.98 Å². The van der Waals surface area contributed by atoms with Crippen molar-refractivity contribution in [2.45, 2.75) is 13.8 Å². The van der Waals surface area contributed by atoms with Crippen LogP contribution in [0, 0.1) is 13.8 Å². The van der Waals surface area contributed by atoms with Gasteiger partial charge in [-0.3, -0.25) is 4.98 Å². The molecular formula is C31H19NS. The van der Waals surface area contributed by atoms with Crippen LogP contribution in [0.5, 0.6) is 0 Å². The van der Waals surface area contributed by atoms with E-state index in [4.69, 9.17) is 4.98 Å². The first-order valence-electron chi connectivity index (χ1n) is 11.4. The average Bonchev–Trinajstić information content (AvgIpc) is 3.38. The van der Waals surface area contributed by atoms with Crippen molar-refractivity contribution >= 4 is 64.0 Å². The molecule has 33 heavy (non-hydrogen) atoms. The number of hydrogen-bond donors (Lipinski definition) is 0. The van der Waals surface area contributed by atoms with Crippen LogP contribution in [0.15, 0.2) is 79.0 Å². The van der Waals surface area contributed by atoms with Gasteiger partial charge in [0.25, 0.3) is 0 Å². The Labute approximate surface area is 194 Å². The maximum atomic E-state index is 4.71. The van der Waals surface area contributed by atoms with Gasteiger partial charge >= 0.3 is 0 Å². The number of nitrogens with zero attached hydrogens (tertiary/aromatic N) is 1. The summed E-state index contributed by atoms with van der Waals surface area (Å²) in [6, 6.07) is 26.9. The zero-order valence-corrected chi connectivity index (χ0v) is 19.2. The fraction of sp³-hybridized carbons (Fsp3) is 0.0645. The van der Waals surface area contributed by atoms with Gasteiger partial charge in [-0.2, -0.15) is 0 Å². The van der Waals surface area contributed by atoms with Gasteiger partial charge in [-0.25, -0.2) is 0 Å². The lowest BCUT2D eigenvalue weighted by molar-refractivity contribution is 1.42. The van der Waals surface area contributed by atoms with Gasteiger partial charge in [0.1, 0.15) is 0 Å². The third-order valence-electron chi connectivity index (χ3n) is 7.48. The first-order valence-corrected chi connectivity index (χ1v) is 12.2. The zero-order valence-electron chi connectivity index (χ0n) is 18.4. The lowest BCUT2D eigenvalue weighted by Gasteiger charge is -2.09. The van der Waals surface area contributed by atoms with Crippen molar-refractivity contribution in [2.75, 3.05) is 0 Å².